The number of H-pyrrole nitrogens is 1. The number of nitrogens with zero attached hydrogens (tertiary/aromatic N) is 6. The first-order chi connectivity index (χ1) is 13.5. The average molecular weight is 387 g/mol. The van der Waals surface area contributed by atoms with Crippen LogP contribution in [0.1, 0.15) is 22.3 Å². The number of hydrogen-bond acceptors (Lipinski definition) is 5. The number of aromatic nitrogens is 6. The van der Waals surface area contributed by atoms with Gasteiger partial charge in [-0.1, -0.05) is 30.4 Å². The highest BCUT2D eigenvalue weighted by Crippen LogP contribution is 2.22. The Kier molecular flexibility index (Phi) is 4.59. The summed E-state index contributed by atoms with van der Waals surface area (Å²) in [6, 6.07) is 15.7. The minimum atomic E-state index is 0.484. The SMILES string of the molecule is Cc1cc(C)cc(-n2[nH]cc(-c3nnnn3Cc3ccc(C#N)cc3)c2=S)c1. The molecule has 4 rings (SSSR count). The lowest BCUT2D eigenvalue weighted by atomic mass is 10.1. The minimum absolute atomic E-state index is 0.484. The summed E-state index contributed by atoms with van der Waals surface area (Å²) in [5.41, 5.74) is 5.68. The van der Waals surface area contributed by atoms with E-state index < -0.39 is 0 Å². The molecule has 0 aliphatic heterocycles. The third kappa shape index (κ3) is 3.35. The molecule has 0 aliphatic carbocycles. The zero-order chi connectivity index (χ0) is 19.7. The standard InChI is InChI=1S/C20H17N7S/c1-13-7-14(2)9-17(8-13)27-20(28)18(11-22-27)19-23-24-25-26(19)12-16-5-3-15(10-21)4-6-16/h3-9,11,22H,12H2,1-2H3. The predicted molar refractivity (Wildman–Crippen MR) is 107 cm³/mol. The number of hydrogen-bond donors (Lipinski definition) is 1. The zero-order valence-electron chi connectivity index (χ0n) is 15.4. The van der Waals surface area contributed by atoms with Crippen LogP contribution in [0.2, 0.25) is 0 Å². The molecule has 0 saturated carbocycles. The number of aryl methyl sites for hydroxylation is 2. The van der Waals surface area contributed by atoms with Crippen LogP contribution in [0.15, 0.2) is 48.7 Å². The zero-order valence-corrected chi connectivity index (χ0v) is 16.2. The van der Waals surface area contributed by atoms with Crippen molar-refractivity contribution in [2.45, 2.75) is 20.4 Å². The van der Waals surface area contributed by atoms with Crippen molar-refractivity contribution in [3.63, 3.8) is 0 Å². The summed E-state index contributed by atoms with van der Waals surface area (Å²) in [4.78, 5) is 0. The van der Waals surface area contributed by atoms with Gasteiger partial charge >= 0.3 is 0 Å². The van der Waals surface area contributed by atoms with Gasteiger partial charge in [-0.2, -0.15) is 5.26 Å². The van der Waals surface area contributed by atoms with E-state index in [0.717, 1.165) is 16.8 Å². The van der Waals surface area contributed by atoms with Gasteiger partial charge in [0.25, 0.3) is 0 Å². The second-order valence-electron chi connectivity index (χ2n) is 6.64. The van der Waals surface area contributed by atoms with Gasteiger partial charge in [0.15, 0.2) is 5.82 Å². The van der Waals surface area contributed by atoms with Crippen LogP contribution in [0.4, 0.5) is 0 Å². The molecule has 2 aromatic carbocycles. The number of benzene rings is 2. The smallest absolute Gasteiger partial charge is 0.186 e. The Morgan fingerprint density at radius 3 is 2.50 bits per heavy atom. The van der Waals surface area contributed by atoms with Crippen molar-refractivity contribution in [1.82, 2.24) is 30.0 Å². The van der Waals surface area contributed by atoms with Gasteiger partial charge < -0.3 is 0 Å². The first-order valence-electron chi connectivity index (χ1n) is 8.70. The Balaban J connectivity index is 1.70. The van der Waals surface area contributed by atoms with E-state index in [1.165, 1.54) is 11.1 Å². The summed E-state index contributed by atoms with van der Waals surface area (Å²) in [5.74, 6) is 0.591. The van der Waals surface area contributed by atoms with Crippen LogP contribution >= 0.6 is 12.2 Å². The van der Waals surface area contributed by atoms with Gasteiger partial charge in [0.1, 0.15) is 4.64 Å². The molecule has 0 unspecified atom stereocenters. The normalized spacial score (nSPS) is 10.8. The second kappa shape index (κ2) is 7.21. The largest absolute Gasteiger partial charge is 0.299 e. The molecular formula is C20H17N7S. The van der Waals surface area contributed by atoms with Gasteiger partial charge in [-0.05, 0) is 65.2 Å². The van der Waals surface area contributed by atoms with Gasteiger partial charge in [-0.3, -0.25) is 5.10 Å². The van der Waals surface area contributed by atoms with Crippen LogP contribution in [0.25, 0.3) is 17.1 Å². The highest BCUT2D eigenvalue weighted by Gasteiger charge is 2.15. The third-order valence-electron chi connectivity index (χ3n) is 4.42. The molecule has 8 heteroatoms. The molecule has 0 saturated heterocycles. The Morgan fingerprint density at radius 1 is 1.11 bits per heavy atom. The summed E-state index contributed by atoms with van der Waals surface area (Å²) in [6.45, 7) is 4.60. The monoisotopic (exact) mass is 387 g/mol. The molecule has 0 aliphatic rings. The molecule has 0 atom stereocenters. The van der Waals surface area contributed by atoms with Crippen molar-refractivity contribution in [2.75, 3.05) is 0 Å². The fourth-order valence-electron chi connectivity index (χ4n) is 3.16. The lowest BCUT2D eigenvalue weighted by Gasteiger charge is -2.06. The quantitative estimate of drug-likeness (QED) is 0.539. The maximum atomic E-state index is 8.93. The lowest BCUT2D eigenvalue weighted by molar-refractivity contribution is 0.653. The van der Waals surface area contributed by atoms with Gasteiger partial charge in [0.2, 0.25) is 0 Å². The van der Waals surface area contributed by atoms with Crippen LogP contribution in [0.5, 0.6) is 0 Å². The number of rotatable bonds is 4. The number of nitriles is 1. The van der Waals surface area contributed by atoms with E-state index >= 15 is 0 Å². The molecule has 28 heavy (non-hydrogen) atoms. The molecule has 7 nitrogen and oxygen atoms in total. The first-order valence-corrected chi connectivity index (χ1v) is 9.10. The van der Waals surface area contributed by atoms with Crippen molar-refractivity contribution in [3.8, 4) is 23.1 Å². The summed E-state index contributed by atoms with van der Waals surface area (Å²) < 4.78 is 4.17. The molecular weight excluding hydrogens is 370 g/mol. The number of tetrazole rings is 1. The molecule has 0 radical (unpaired) electrons. The van der Waals surface area contributed by atoms with Crippen molar-refractivity contribution in [2.24, 2.45) is 0 Å². The minimum Gasteiger partial charge on any atom is -0.299 e. The summed E-state index contributed by atoms with van der Waals surface area (Å²) in [7, 11) is 0. The van der Waals surface area contributed by atoms with E-state index in [1.807, 2.05) is 23.0 Å². The lowest BCUT2D eigenvalue weighted by Crippen LogP contribution is -2.04. The highest BCUT2D eigenvalue weighted by molar-refractivity contribution is 7.71. The van der Waals surface area contributed by atoms with Crippen LogP contribution in [-0.2, 0) is 6.54 Å². The molecule has 0 fully saturated rings. The molecule has 138 valence electrons. The number of aromatic amines is 1. The Hall–Kier alpha value is -3.57. The van der Waals surface area contributed by atoms with Gasteiger partial charge in [0.05, 0.1) is 29.4 Å². The van der Waals surface area contributed by atoms with E-state index in [2.05, 4.69) is 58.7 Å². The Morgan fingerprint density at radius 2 is 1.82 bits per heavy atom. The van der Waals surface area contributed by atoms with Crippen molar-refractivity contribution < 1.29 is 0 Å². The Bertz CT molecular complexity index is 1220. The molecule has 1 N–H and O–H groups in total. The van der Waals surface area contributed by atoms with E-state index in [-0.39, 0.29) is 0 Å². The molecule has 0 bridgehead atoms. The molecule has 2 heterocycles. The van der Waals surface area contributed by atoms with Gasteiger partial charge in [0, 0.05) is 6.20 Å². The van der Waals surface area contributed by atoms with E-state index in [4.69, 9.17) is 17.5 Å². The van der Waals surface area contributed by atoms with Crippen molar-refractivity contribution in [1.29, 1.82) is 5.26 Å². The van der Waals surface area contributed by atoms with Crippen LogP contribution < -0.4 is 0 Å². The van der Waals surface area contributed by atoms with Gasteiger partial charge in [-0.15, -0.1) is 5.10 Å². The molecule has 2 aromatic heterocycles. The summed E-state index contributed by atoms with van der Waals surface area (Å²) >= 11 is 5.69. The molecule has 0 amide bonds. The third-order valence-corrected chi connectivity index (χ3v) is 4.83. The second-order valence-corrected chi connectivity index (χ2v) is 7.03. The van der Waals surface area contributed by atoms with E-state index in [9.17, 15) is 0 Å². The van der Waals surface area contributed by atoms with Crippen LogP contribution in [-0.4, -0.2) is 30.0 Å². The average Bonchev–Trinajstić information content (AvgIpc) is 3.27. The van der Waals surface area contributed by atoms with Crippen LogP contribution in [0, 0.1) is 29.8 Å². The fourth-order valence-corrected chi connectivity index (χ4v) is 3.47. The van der Waals surface area contributed by atoms with E-state index in [0.29, 0.717) is 22.6 Å². The van der Waals surface area contributed by atoms with Crippen molar-refractivity contribution in [3.05, 3.63) is 75.6 Å². The summed E-state index contributed by atoms with van der Waals surface area (Å²) in [6.07, 6.45) is 1.82. The van der Waals surface area contributed by atoms with Gasteiger partial charge in [-0.25, -0.2) is 9.36 Å². The fraction of sp³-hybridized carbons (Fsp3) is 0.150. The summed E-state index contributed by atoms with van der Waals surface area (Å²) in [5, 5.41) is 24.2. The molecule has 4 aromatic rings. The number of nitrogens with one attached hydrogen (secondary N) is 1. The van der Waals surface area contributed by atoms with Crippen molar-refractivity contribution >= 4 is 12.2 Å². The Labute approximate surface area is 166 Å². The highest BCUT2D eigenvalue weighted by atomic mass is 32.1. The van der Waals surface area contributed by atoms with E-state index in [1.54, 1.807) is 16.8 Å². The predicted octanol–water partition coefficient (Wildman–Crippen LogP) is 3.73. The van der Waals surface area contributed by atoms with Crippen LogP contribution in [0.3, 0.4) is 0 Å². The first kappa shape index (κ1) is 17.8. The molecule has 0 spiro atoms. The topological polar surface area (TPSA) is 88.1 Å². The maximum Gasteiger partial charge on any atom is 0.186 e. The maximum absolute atomic E-state index is 8.93.